The molecule has 0 spiro atoms. The Bertz CT molecular complexity index is 729. The van der Waals surface area contributed by atoms with Crippen molar-refractivity contribution in [1.82, 2.24) is 10.2 Å². The average Bonchev–Trinajstić information content (AvgIpc) is 3.00. The fraction of sp³-hybridized carbons (Fsp3) is 0.478. The van der Waals surface area contributed by atoms with E-state index in [0.717, 1.165) is 25.4 Å². The SMILES string of the molecule is CC(C)CC[C@@H](c1ccc2c(c1)Cc1ccccc1-2)N1CCNCC1. The van der Waals surface area contributed by atoms with E-state index in [9.17, 15) is 0 Å². The summed E-state index contributed by atoms with van der Waals surface area (Å²) in [7, 11) is 0. The van der Waals surface area contributed by atoms with Crippen molar-refractivity contribution in [3.05, 3.63) is 59.2 Å². The van der Waals surface area contributed by atoms with Gasteiger partial charge in [0.15, 0.2) is 0 Å². The monoisotopic (exact) mass is 334 g/mol. The number of rotatable bonds is 5. The van der Waals surface area contributed by atoms with Gasteiger partial charge in [0.2, 0.25) is 0 Å². The Morgan fingerprint density at radius 1 is 0.920 bits per heavy atom. The third-order valence-electron chi connectivity index (χ3n) is 5.81. The van der Waals surface area contributed by atoms with Gasteiger partial charge in [-0.05, 0) is 53.0 Å². The molecule has 1 N–H and O–H groups in total. The molecule has 25 heavy (non-hydrogen) atoms. The van der Waals surface area contributed by atoms with Crippen LogP contribution in [-0.2, 0) is 6.42 Å². The smallest absolute Gasteiger partial charge is 0.0349 e. The number of piperazine rings is 1. The second kappa shape index (κ2) is 7.31. The van der Waals surface area contributed by atoms with Crippen LogP contribution in [-0.4, -0.2) is 31.1 Å². The summed E-state index contributed by atoms with van der Waals surface area (Å²) in [5, 5.41) is 3.50. The van der Waals surface area contributed by atoms with E-state index in [4.69, 9.17) is 0 Å². The molecule has 2 aromatic carbocycles. The lowest BCUT2D eigenvalue weighted by Crippen LogP contribution is -2.45. The van der Waals surface area contributed by atoms with Crippen LogP contribution >= 0.6 is 0 Å². The summed E-state index contributed by atoms with van der Waals surface area (Å²) < 4.78 is 0. The molecule has 1 atom stereocenters. The van der Waals surface area contributed by atoms with Crippen LogP contribution in [0.1, 0.15) is 49.4 Å². The van der Waals surface area contributed by atoms with Gasteiger partial charge in [0.25, 0.3) is 0 Å². The van der Waals surface area contributed by atoms with E-state index < -0.39 is 0 Å². The van der Waals surface area contributed by atoms with E-state index in [0.29, 0.717) is 6.04 Å². The summed E-state index contributed by atoms with van der Waals surface area (Å²) >= 11 is 0. The first-order valence-electron chi connectivity index (χ1n) is 9.88. The van der Waals surface area contributed by atoms with Crippen molar-refractivity contribution in [3.8, 4) is 11.1 Å². The molecule has 1 aliphatic carbocycles. The van der Waals surface area contributed by atoms with E-state index in [1.165, 1.54) is 53.7 Å². The molecule has 2 nitrogen and oxygen atoms in total. The van der Waals surface area contributed by atoms with Crippen molar-refractivity contribution in [2.24, 2.45) is 5.92 Å². The molecule has 1 aliphatic heterocycles. The first-order chi connectivity index (χ1) is 12.2. The molecule has 1 saturated heterocycles. The van der Waals surface area contributed by atoms with Crippen LogP contribution < -0.4 is 5.32 Å². The molecule has 0 radical (unpaired) electrons. The Morgan fingerprint density at radius 3 is 2.48 bits per heavy atom. The maximum Gasteiger partial charge on any atom is 0.0349 e. The average molecular weight is 335 g/mol. The first kappa shape index (κ1) is 16.8. The van der Waals surface area contributed by atoms with Crippen molar-refractivity contribution < 1.29 is 0 Å². The third-order valence-corrected chi connectivity index (χ3v) is 5.81. The predicted octanol–water partition coefficient (Wildman–Crippen LogP) is 4.64. The summed E-state index contributed by atoms with van der Waals surface area (Å²) in [4.78, 5) is 2.70. The molecule has 0 amide bonds. The molecule has 1 fully saturated rings. The lowest BCUT2D eigenvalue weighted by Gasteiger charge is -2.36. The molecule has 2 aliphatic rings. The van der Waals surface area contributed by atoms with Gasteiger partial charge in [-0.25, -0.2) is 0 Å². The van der Waals surface area contributed by atoms with E-state index >= 15 is 0 Å². The number of hydrogen-bond acceptors (Lipinski definition) is 2. The number of fused-ring (bicyclic) bond motifs is 3. The van der Waals surface area contributed by atoms with Crippen LogP contribution in [0.2, 0.25) is 0 Å². The molecule has 0 unspecified atom stereocenters. The van der Waals surface area contributed by atoms with E-state index in [1.807, 2.05) is 0 Å². The number of hydrogen-bond donors (Lipinski definition) is 1. The molecule has 1 heterocycles. The Hall–Kier alpha value is -1.64. The summed E-state index contributed by atoms with van der Waals surface area (Å²) in [6.45, 7) is 9.26. The van der Waals surface area contributed by atoms with Crippen LogP contribution in [0.4, 0.5) is 0 Å². The Labute approximate surface area is 152 Å². The molecule has 0 bridgehead atoms. The second-order valence-electron chi connectivity index (χ2n) is 8.02. The fourth-order valence-corrected chi connectivity index (χ4v) is 4.42. The maximum absolute atomic E-state index is 3.50. The van der Waals surface area contributed by atoms with Gasteiger partial charge >= 0.3 is 0 Å². The van der Waals surface area contributed by atoms with Gasteiger partial charge in [0.05, 0.1) is 0 Å². The molecule has 4 rings (SSSR count). The largest absolute Gasteiger partial charge is 0.314 e. The second-order valence-corrected chi connectivity index (χ2v) is 8.02. The highest BCUT2D eigenvalue weighted by molar-refractivity contribution is 5.77. The van der Waals surface area contributed by atoms with Crippen molar-refractivity contribution in [2.45, 2.75) is 39.2 Å². The summed E-state index contributed by atoms with van der Waals surface area (Å²) in [6, 6.07) is 16.7. The minimum absolute atomic E-state index is 0.568. The zero-order valence-electron chi connectivity index (χ0n) is 15.6. The molecule has 0 aromatic heterocycles. The van der Waals surface area contributed by atoms with Crippen molar-refractivity contribution in [2.75, 3.05) is 26.2 Å². The zero-order chi connectivity index (χ0) is 17.2. The van der Waals surface area contributed by atoms with Crippen molar-refractivity contribution >= 4 is 0 Å². The van der Waals surface area contributed by atoms with Gasteiger partial charge in [0, 0.05) is 32.2 Å². The summed E-state index contributed by atoms with van der Waals surface area (Å²) in [5.41, 5.74) is 7.40. The van der Waals surface area contributed by atoms with E-state index in [2.05, 4.69) is 66.5 Å². The Balaban J connectivity index is 1.62. The number of nitrogens with zero attached hydrogens (tertiary/aromatic N) is 1. The Kier molecular flexibility index (Phi) is 4.91. The number of benzene rings is 2. The quantitative estimate of drug-likeness (QED) is 0.731. The van der Waals surface area contributed by atoms with Crippen LogP contribution in [0, 0.1) is 5.92 Å². The van der Waals surface area contributed by atoms with E-state index in [-0.39, 0.29) is 0 Å². The van der Waals surface area contributed by atoms with Gasteiger partial charge < -0.3 is 5.32 Å². The van der Waals surface area contributed by atoms with Gasteiger partial charge in [-0.2, -0.15) is 0 Å². The minimum Gasteiger partial charge on any atom is -0.314 e. The van der Waals surface area contributed by atoms with Crippen LogP contribution in [0.15, 0.2) is 42.5 Å². The molecule has 2 heteroatoms. The van der Waals surface area contributed by atoms with Gasteiger partial charge in [-0.3, -0.25) is 4.90 Å². The molecule has 132 valence electrons. The summed E-state index contributed by atoms with van der Waals surface area (Å²) in [5.74, 6) is 0.768. The highest BCUT2D eigenvalue weighted by Crippen LogP contribution is 2.39. The van der Waals surface area contributed by atoms with Crippen LogP contribution in [0.25, 0.3) is 11.1 Å². The van der Waals surface area contributed by atoms with E-state index in [1.54, 1.807) is 0 Å². The standard InChI is InChI=1S/C23H30N2/c1-17(2)7-10-23(25-13-11-24-12-14-25)19-8-9-22-20(16-19)15-18-5-3-4-6-21(18)22/h3-6,8-9,16-17,23-24H,7,10-15H2,1-2H3/t23-/m0/s1. The fourth-order valence-electron chi connectivity index (χ4n) is 4.42. The topological polar surface area (TPSA) is 15.3 Å². The summed E-state index contributed by atoms with van der Waals surface area (Å²) in [6.07, 6.45) is 3.66. The van der Waals surface area contributed by atoms with Gasteiger partial charge in [-0.15, -0.1) is 0 Å². The lowest BCUT2D eigenvalue weighted by atomic mass is 9.93. The maximum atomic E-state index is 3.50. The molecule has 2 aromatic rings. The highest BCUT2D eigenvalue weighted by Gasteiger charge is 2.25. The first-order valence-corrected chi connectivity index (χ1v) is 9.88. The van der Waals surface area contributed by atoms with Crippen molar-refractivity contribution in [3.63, 3.8) is 0 Å². The molecular formula is C23H30N2. The van der Waals surface area contributed by atoms with Crippen LogP contribution in [0.5, 0.6) is 0 Å². The highest BCUT2D eigenvalue weighted by atomic mass is 15.2. The zero-order valence-corrected chi connectivity index (χ0v) is 15.6. The van der Waals surface area contributed by atoms with Gasteiger partial charge in [0.1, 0.15) is 0 Å². The lowest BCUT2D eigenvalue weighted by molar-refractivity contribution is 0.160. The molecule has 0 saturated carbocycles. The van der Waals surface area contributed by atoms with Crippen LogP contribution in [0.3, 0.4) is 0 Å². The minimum atomic E-state index is 0.568. The molecular weight excluding hydrogens is 304 g/mol. The third kappa shape index (κ3) is 3.51. The van der Waals surface area contributed by atoms with Gasteiger partial charge in [-0.1, -0.05) is 56.3 Å². The number of nitrogens with one attached hydrogen (secondary N) is 1. The normalized spacial score (nSPS) is 18.2. The van der Waals surface area contributed by atoms with Crippen molar-refractivity contribution in [1.29, 1.82) is 0 Å². The predicted molar refractivity (Wildman–Crippen MR) is 106 cm³/mol. The Morgan fingerprint density at radius 2 is 1.68 bits per heavy atom.